The predicted molar refractivity (Wildman–Crippen MR) is 75.1 cm³/mol. The molecule has 3 heteroatoms. The Bertz CT molecular complexity index is 282. The molecule has 1 rings (SSSR count). The van der Waals surface area contributed by atoms with E-state index in [0.29, 0.717) is 21.0 Å². The van der Waals surface area contributed by atoms with Crippen LogP contribution in [0.15, 0.2) is 30.3 Å². The summed E-state index contributed by atoms with van der Waals surface area (Å²) in [5.74, 6) is 0.307. The highest BCUT2D eigenvalue weighted by Crippen LogP contribution is 2.07. The van der Waals surface area contributed by atoms with Crippen molar-refractivity contribution in [3.05, 3.63) is 30.3 Å². The van der Waals surface area contributed by atoms with Gasteiger partial charge in [-0.2, -0.15) is 0 Å². The Balaban J connectivity index is 0.000000325. The molecule has 0 aliphatic heterocycles. The van der Waals surface area contributed by atoms with Crippen molar-refractivity contribution in [1.29, 1.82) is 0 Å². The number of hydrogen-bond donors (Lipinski definition) is 0. The molecule has 17 heavy (non-hydrogen) atoms. The summed E-state index contributed by atoms with van der Waals surface area (Å²) in [6, 6.07) is 8.98. The van der Waals surface area contributed by atoms with Crippen molar-refractivity contribution in [2.45, 2.75) is 44.2 Å². The average Bonchev–Trinajstić information content (AvgIpc) is 2.31. The van der Waals surface area contributed by atoms with Crippen LogP contribution >= 0.6 is 0 Å². The third kappa shape index (κ3) is 11.5. The summed E-state index contributed by atoms with van der Waals surface area (Å²) in [4.78, 5) is 10.4. The van der Waals surface area contributed by atoms with E-state index in [1.807, 2.05) is 18.2 Å². The van der Waals surface area contributed by atoms with Gasteiger partial charge in [0.15, 0.2) is 0 Å². The van der Waals surface area contributed by atoms with Crippen LogP contribution in [0, 0.1) is 0 Å². The summed E-state index contributed by atoms with van der Waals surface area (Å²) in [7, 11) is 0. The van der Waals surface area contributed by atoms with Gasteiger partial charge in [0.25, 0.3) is 0 Å². The molecule has 0 spiro atoms. The molecular formula is C14H23AlO2. The van der Waals surface area contributed by atoms with Crippen LogP contribution in [0.4, 0.5) is 0 Å². The molecule has 0 atom stereocenters. The third-order valence-electron chi connectivity index (χ3n) is 2.21. The van der Waals surface area contributed by atoms with Crippen LogP contribution in [0.1, 0.15) is 33.6 Å². The van der Waals surface area contributed by atoms with Crippen molar-refractivity contribution in [2.24, 2.45) is 0 Å². The number of ether oxygens (including phenoxy) is 1. The maximum absolute atomic E-state index is 10.4. The van der Waals surface area contributed by atoms with E-state index >= 15 is 0 Å². The van der Waals surface area contributed by atoms with Crippen LogP contribution in [-0.2, 0) is 4.79 Å². The van der Waals surface area contributed by atoms with Crippen molar-refractivity contribution in [1.82, 2.24) is 0 Å². The van der Waals surface area contributed by atoms with Crippen LogP contribution in [-0.4, -0.2) is 21.2 Å². The van der Waals surface area contributed by atoms with Gasteiger partial charge in [0, 0.05) is 6.92 Å². The number of carbonyl (C=O) groups is 1. The van der Waals surface area contributed by atoms with E-state index in [2.05, 4.69) is 13.8 Å². The molecule has 1 aromatic carbocycles. The van der Waals surface area contributed by atoms with Gasteiger partial charge in [-0.1, -0.05) is 55.5 Å². The van der Waals surface area contributed by atoms with Gasteiger partial charge in [-0.05, 0) is 12.1 Å². The molecule has 0 aliphatic carbocycles. The lowest BCUT2D eigenvalue weighted by Crippen LogP contribution is -2.00. The van der Waals surface area contributed by atoms with Gasteiger partial charge in [-0.15, -0.1) is 0 Å². The quantitative estimate of drug-likeness (QED) is 0.345. The molecule has 0 amide bonds. The minimum Gasteiger partial charge on any atom is -0.427 e. The Morgan fingerprint density at radius 1 is 1.12 bits per heavy atom. The van der Waals surface area contributed by atoms with E-state index < -0.39 is 0 Å². The Kier molecular flexibility index (Phi) is 11.2. The lowest BCUT2D eigenvalue weighted by atomic mass is 10.3. The zero-order valence-corrected chi connectivity index (χ0v) is 12.7. The monoisotopic (exact) mass is 250 g/mol. The number of rotatable bonds is 5. The van der Waals surface area contributed by atoms with Crippen LogP contribution < -0.4 is 4.74 Å². The standard InChI is InChI=1S/C8H8O2.2C3H7.Al.H/c1-7(9)10-8-5-3-2-4-6-8;2*1-3-2;;/h2-6H,1H3;2*1,3H2,2H3;;. The number of esters is 1. The van der Waals surface area contributed by atoms with Gasteiger partial charge in [0.2, 0.25) is 15.2 Å². The maximum Gasteiger partial charge on any atom is 0.308 e. The molecule has 1 aromatic rings. The summed E-state index contributed by atoms with van der Waals surface area (Å²) >= 11 is 0.411. The maximum atomic E-state index is 10.4. The molecule has 0 saturated heterocycles. The predicted octanol–water partition coefficient (Wildman–Crippen LogP) is 3.69. The number of carbonyl (C=O) groups excluding carboxylic acids is 1. The van der Waals surface area contributed by atoms with Gasteiger partial charge in [-0.3, -0.25) is 4.79 Å². The summed E-state index contributed by atoms with van der Waals surface area (Å²) < 4.78 is 4.78. The van der Waals surface area contributed by atoms with E-state index in [1.54, 1.807) is 22.7 Å². The van der Waals surface area contributed by atoms with Crippen LogP contribution in [0.25, 0.3) is 0 Å². The van der Waals surface area contributed by atoms with Gasteiger partial charge in [0.1, 0.15) is 5.75 Å². The van der Waals surface area contributed by atoms with Crippen molar-refractivity contribution in [3.63, 3.8) is 0 Å². The minimum absolute atomic E-state index is 0.286. The highest BCUT2D eigenvalue weighted by molar-refractivity contribution is 6.35. The summed E-state index contributed by atoms with van der Waals surface area (Å²) in [6.45, 7) is 5.94. The lowest BCUT2D eigenvalue weighted by Gasteiger charge is -1.97. The zero-order chi connectivity index (χ0) is 12.9. The molecule has 0 aromatic heterocycles. The van der Waals surface area contributed by atoms with E-state index in [0.717, 1.165) is 0 Å². The summed E-state index contributed by atoms with van der Waals surface area (Å²) in [6.07, 6.45) is 2.85. The first-order valence-electron chi connectivity index (χ1n) is 6.44. The average molecular weight is 250 g/mol. The molecule has 0 unspecified atom stereocenters. The Hall–Kier alpha value is -0.778. The van der Waals surface area contributed by atoms with Gasteiger partial charge < -0.3 is 4.74 Å². The highest BCUT2D eigenvalue weighted by atomic mass is 27.1. The second-order valence-electron chi connectivity index (χ2n) is 3.97. The molecule has 0 bridgehead atoms. The molecule has 0 saturated carbocycles. The second-order valence-corrected chi connectivity index (χ2v) is 6.09. The van der Waals surface area contributed by atoms with Crippen molar-refractivity contribution in [3.8, 4) is 5.75 Å². The van der Waals surface area contributed by atoms with E-state index in [-0.39, 0.29) is 5.97 Å². The van der Waals surface area contributed by atoms with Gasteiger partial charge in [-0.25, -0.2) is 0 Å². The molecule has 0 aliphatic rings. The van der Waals surface area contributed by atoms with Gasteiger partial charge in [0.05, 0.1) is 0 Å². The molecule has 0 fully saturated rings. The third-order valence-corrected chi connectivity index (χ3v) is 4.63. The van der Waals surface area contributed by atoms with Crippen LogP contribution in [0.2, 0.25) is 10.6 Å². The van der Waals surface area contributed by atoms with Gasteiger partial charge >= 0.3 is 5.97 Å². The molecule has 2 nitrogen and oxygen atoms in total. The SMILES string of the molecule is CC(=O)Oc1ccccc1.CC[CH2][AlH][CH2]CC. The highest BCUT2D eigenvalue weighted by Gasteiger charge is 1.93. The fraction of sp³-hybridized carbons (Fsp3) is 0.500. The molecule has 0 radical (unpaired) electrons. The fourth-order valence-electron chi connectivity index (χ4n) is 1.33. The lowest BCUT2D eigenvalue weighted by molar-refractivity contribution is -0.131. The Morgan fingerprint density at radius 3 is 2.06 bits per heavy atom. The largest absolute Gasteiger partial charge is 0.427 e. The first-order valence-corrected chi connectivity index (χ1v) is 8.44. The first kappa shape index (κ1) is 16.2. The van der Waals surface area contributed by atoms with E-state index in [9.17, 15) is 4.79 Å². The molecular weight excluding hydrogens is 227 g/mol. The Labute approximate surface area is 111 Å². The van der Waals surface area contributed by atoms with Crippen molar-refractivity contribution < 1.29 is 9.53 Å². The molecule has 0 N–H and O–H groups in total. The van der Waals surface area contributed by atoms with Crippen molar-refractivity contribution >= 4 is 21.2 Å². The topological polar surface area (TPSA) is 26.3 Å². The summed E-state index contributed by atoms with van der Waals surface area (Å²) in [5, 5.41) is 3.13. The minimum atomic E-state index is -0.286. The molecule has 0 heterocycles. The first-order chi connectivity index (χ1) is 8.20. The number of para-hydroxylation sites is 1. The van der Waals surface area contributed by atoms with Crippen molar-refractivity contribution in [2.75, 3.05) is 0 Å². The van der Waals surface area contributed by atoms with E-state index in [4.69, 9.17) is 4.74 Å². The van der Waals surface area contributed by atoms with Crippen LogP contribution in [0.5, 0.6) is 5.75 Å². The zero-order valence-electron chi connectivity index (χ0n) is 11.2. The smallest absolute Gasteiger partial charge is 0.308 e. The number of benzene rings is 1. The van der Waals surface area contributed by atoms with Crippen LogP contribution in [0.3, 0.4) is 0 Å². The Morgan fingerprint density at radius 2 is 1.65 bits per heavy atom. The second kappa shape index (κ2) is 11.7. The molecule has 94 valence electrons. The normalized spacial score (nSPS) is 8.88. The number of hydrogen-bond acceptors (Lipinski definition) is 2. The van der Waals surface area contributed by atoms with E-state index in [1.165, 1.54) is 19.8 Å². The summed E-state index contributed by atoms with van der Waals surface area (Å²) in [5.41, 5.74) is 0. The fourth-order valence-corrected chi connectivity index (χ4v) is 2.68.